The molecule has 0 fully saturated rings. The fourth-order valence-corrected chi connectivity index (χ4v) is 7.54. The Morgan fingerprint density at radius 1 is 0.455 bits per heavy atom. The second-order valence-corrected chi connectivity index (χ2v) is 19.5. The minimum Gasteiger partial charge on any atom is -0.545 e. The summed E-state index contributed by atoms with van der Waals surface area (Å²) in [5, 5.41) is 11.7. The van der Waals surface area contributed by atoms with Gasteiger partial charge in [0, 0.05) is 12.8 Å². The number of hydrogen-bond donors (Lipinski definition) is 0. The second kappa shape index (κ2) is 48.7. The van der Waals surface area contributed by atoms with Gasteiger partial charge in [0.1, 0.15) is 13.2 Å². The summed E-state index contributed by atoms with van der Waals surface area (Å²) in [6.45, 7) is 4.72. The van der Waals surface area contributed by atoms with Crippen LogP contribution in [0.2, 0.25) is 0 Å². The molecule has 0 spiro atoms. The van der Waals surface area contributed by atoms with E-state index in [0.717, 1.165) is 64.2 Å². The number of likely N-dealkylation sites (N-methyl/N-ethyl adjacent to an activating group) is 1. The molecule has 0 N–H and O–H groups in total. The molecule has 0 aliphatic carbocycles. The molecule has 0 saturated carbocycles. The smallest absolute Gasteiger partial charge is 0.306 e. The third-order valence-electron chi connectivity index (χ3n) is 11.8. The maximum atomic E-state index is 12.8. The van der Waals surface area contributed by atoms with Gasteiger partial charge in [-0.15, -0.1) is 0 Å². The molecule has 9 heteroatoms. The summed E-state index contributed by atoms with van der Waals surface area (Å²) >= 11 is 0. The van der Waals surface area contributed by atoms with Crippen LogP contribution in [0.1, 0.15) is 239 Å². The molecule has 66 heavy (non-hydrogen) atoms. The average molecular weight is 930 g/mol. The van der Waals surface area contributed by atoms with Gasteiger partial charge in [-0.25, -0.2) is 0 Å². The van der Waals surface area contributed by atoms with Crippen molar-refractivity contribution in [3.8, 4) is 0 Å². The Balaban J connectivity index is 4.30. The number of hydrogen-bond acceptors (Lipinski definition) is 8. The zero-order valence-corrected chi connectivity index (χ0v) is 43.6. The van der Waals surface area contributed by atoms with Gasteiger partial charge in [0.15, 0.2) is 12.4 Å². The number of quaternary nitrogens is 1. The minimum absolute atomic E-state index is 0.145. The summed E-state index contributed by atoms with van der Waals surface area (Å²) in [6, 6.07) is 0. The Morgan fingerprint density at radius 3 is 1.21 bits per heavy atom. The number of rotatable bonds is 50. The van der Waals surface area contributed by atoms with Crippen molar-refractivity contribution in [1.29, 1.82) is 0 Å². The van der Waals surface area contributed by atoms with Crippen molar-refractivity contribution in [2.24, 2.45) is 0 Å². The van der Waals surface area contributed by atoms with Gasteiger partial charge in [0.2, 0.25) is 0 Å². The van der Waals surface area contributed by atoms with Gasteiger partial charge >= 0.3 is 11.9 Å². The number of ether oxygens (including phenoxy) is 4. The van der Waals surface area contributed by atoms with Crippen LogP contribution in [-0.4, -0.2) is 82.3 Å². The number of esters is 2. The molecule has 0 aliphatic heterocycles. The molecule has 0 amide bonds. The van der Waals surface area contributed by atoms with Crippen molar-refractivity contribution in [2.75, 3.05) is 47.5 Å². The fraction of sp³-hybridized carbons (Fsp3) is 0.807. The number of carboxylic acids is 1. The number of carbonyl (C=O) groups excluding carboxylic acids is 3. The zero-order valence-electron chi connectivity index (χ0n) is 43.6. The van der Waals surface area contributed by atoms with Crippen LogP contribution in [0.5, 0.6) is 0 Å². The van der Waals surface area contributed by atoms with Gasteiger partial charge < -0.3 is 33.3 Å². The van der Waals surface area contributed by atoms with Crippen LogP contribution in [0.4, 0.5) is 0 Å². The highest BCUT2D eigenvalue weighted by molar-refractivity contribution is 5.70. The van der Waals surface area contributed by atoms with Crippen molar-refractivity contribution in [1.82, 2.24) is 0 Å². The lowest BCUT2D eigenvalue weighted by molar-refractivity contribution is -0.870. The first-order valence-corrected chi connectivity index (χ1v) is 27.3. The molecule has 384 valence electrons. The lowest BCUT2D eigenvalue weighted by Crippen LogP contribution is -2.44. The van der Waals surface area contributed by atoms with Gasteiger partial charge in [-0.2, -0.15) is 0 Å². The molecule has 0 heterocycles. The van der Waals surface area contributed by atoms with Gasteiger partial charge in [0.05, 0.1) is 40.3 Å². The molecule has 0 saturated heterocycles. The van der Waals surface area contributed by atoms with Crippen LogP contribution in [0.25, 0.3) is 0 Å². The lowest BCUT2D eigenvalue weighted by Gasteiger charge is -2.26. The largest absolute Gasteiger partial charge is 0.545 e. The van der Waals surface area contributed by atoms with Crippen LogP contribution in [0.15, 0.2) is 48.6 Å². The third-order valence-corrected chi connectivity index (χ3v) is 11.8. The molecular formula is C57H103NO8. The molecule has 0 aromatic carbocycles. The van der Waals surface area contributed by atoms with E-state index >= 15 is 0 Å². The molecule has 2 unspecified atom stereocenters. The average Bonchev–Trinajstić information content (AvgIpc) is 3.28. The van der Waals surface area contributed by atoms with Crippen molar-refractivity contribution >= 4 is 17.9 Å². The number of allylic oxidation sites excluding steroid dienone is 8. The van der Waals surface area contributed by atoms with Gasteiger partial charge in [0.25, 0.3) is 0 Å². The Kier molecular flexibility index (Phi) is 46.7. The first-order valence-electron chi connectivity index (χ1n) is 27.3. The Morgan fingerprint density at radius 2 is 0.818 bits per heavy atom. The normalized spacial score (nSPS) is 13.2. The van der Waals surface area contributed by atoms with Crippen LogP contribution < -0.4 is 5.11 Å². The summed E-state index contributed by atoms with van der Waals surface area (Å²) in [5.41, 5.74) is 0. The number of carboxylic acid groups (broad SMARTS) is 1. The number of nitrogens with zero attached hydrogens (tertiary/aromatic N) is 1. The number of unbranched alkanes of at least 4 members (excludes halogenated alkanes) is 27. The molecule has 0 rings (SSSR count). The Labute approximate surface area is 406 Å². The molecule has 0 aromatic rings. The Bertz CT molecular complexity index is 1220. The SMILES string of the molecule is CCCCCC/C=C\C/C=C\CCCCCCCCCC(=O)OCC(COC(OCC[N+](C)(C)C)C(=O)[O-])OC(=O)CCCCCCCCCCCCC/C=C\C/C=C\CCCCCCC. The van der Waals surface area contributed by atoms with Crippen molar-refractivity contribution in [3.63, 3.8) is 0 Å². The van der Waals surface area contributed by atoms with E-state index < -0.39 is 24.3 Å². The van der Waals surface area contributed by atoms with E-state index in [9.17, 15) is 19.5 Å². The number of carbonyl (C=O) groups is 3. The predicted octanol–water partition coefficient (Wildman–Crippen LogP) is 14.2. The van der Waals surface area contributed by atoms with Gasteiger partial charge in [-0.3, -0.25) is 9.59 Å². The van der Waals surface area contributed by atoms with E-state index in [1.54, 1.807) is 0 Å². The molecule has 0 radical (unpaired) electrons. The van der Waals surface area contributed by atoms with E-state index in [1.165, 1.54) is 141 Å². The fourth-order valence-electron chi connectivity index (χ4n) is 7.54. The van der Waals surface area contributed by atoms with E-state index in [4.69, 9.17) is 18.9 Å². The van der Waals surface area contributed by atoms with E-state index in [2.05, 4.69) is 62.5 Å². The molecule has 0 bridgehead atoms. The summed E-state index contributed by atoms with van der Waals surface area (Å²) < 4.78 is 22.7. The summed E-state index contributed by atoms with van der Waals surface area (Å²) in [4.78, 5) is 37.2. The summed E-state index contributed by atoms with van der Waals surface area (Å²) in [5.74, 6) is -2.29. The second-order valence-electron chi connectivity index (χ2n) is 19.5. The molecule has 2 atom stereocenters. The molecule has 9 nitrogen and oxygen atoms in total. The van der Waals surface area contributed by atoms with Crippen LogP contribution in [0.3, 0.4) is 0 Å². The zero-order chi connectivity index (χ0) is 48.4. The highest BCUT2D eigenvalue weighted by Crippen LogP contribution is 2.15. The van der Waals surface area contributed by atoms with E-state index in [1.807, 2.05) is 21.1 Å². The Hall–Kier alpha value is -2.75. The predicted molar refractivity (Wildman–Crippen MR) is 274 cm³/mol. The van der Waals surface area contributed by atoms with Crippen molar-refractivity contribution in [2.45, 2.75) is 251 Å². The highest BCUT2D eigenvalue weighted by atomic mass is 16.7. The first-order chi connectivity index (χ1) is 32.1. The quantitative estimate of drug-likeness (QED) is 0.0195. The van der Waals surface area contributed by atoms with Crippen LogP contribution in [-0.2, 0) is 33.3 Å². The van der Waals surface area contributed by atoms with E-state index in [0.29, 0.717) is 17.4 Å². The maximum absolute atomic E-state index is 12.8. The van der Waals surface area contributed by atoms with Gasteiger partial charge in [-0.1, -0.05) is 197 Å². The van der Waals surface area contributed by atoms with E-state index in [-0.39, 0.29) is 38.6 Å². The monoisotopic (exact) mass is 930 g/mol. The topological polar surface area (TPSA) is 111 Å². The molecular weight excluding hydrogens is 827 g/mol. The van der Waals surface area contributed by atoms with Crippen LogP contribution in [0, 0.1) is 0 Å². The molecule has 0 aliphatic rings. The number of aliphatic carboxylic acids is 1. The standard InChI is InChI=1S/C57H103NO8/c1-6-8-10-12-14-16-18-20-22-24-26-27-28-29-30-32-34-36-38-40-42-44-46-48-55(60)66-53(52-65-57(56(61)62)63-50-49-58(3,4)5)51-64-54(59)47-45-43-41-39-37-35-33-31-25-23-21-19-17-15-13-11-9-7-2/h17-20,23-26,53,57H,6-16,21-22,27-52H2,1-5H3/b19-17-,20-18-,25-23-,26-24-. The lowest BCUT2D eigenvalue weighted by atomic mass is 10.0. The minimum atomic E-state index is -1.62. The third kappa shape index (κ3) is 49.2. The molecule has 0 aromatic heterocycles. The van der Waals surface area contributed by atoms with Crippen molar-refractivity contribution in [3.05, 3.63) is 48.6 Å². The van der Waals surface area contributed by atoms with Gasteiger partial charge in [-0.05, 0) is 77.0 Å². The van der Waals surface area contributed by atoms with Crippen molar-refractivity contribution < 1.29 is 42.9 Å². The summed E-state index contributed by atoms with van der Waals surface area (Å²) in [7, 11) is 5.92. The highest BCUT2D eigenvalue weighted by Gasteiger charge is 2.22. The summed E-state index contributed by atoms with van der Waals surface area (Å²) in [6.07, 6.45) is 55.7. The van der Waals surface area contributed by atoms with Crippen LogP contribution >= 0.6 is 0 Å². The maximum Gasteiger partial charge on any atom is 0.306 e. The first kappa shape index (κ1) is 63.2.